The molecule has 17 atom stereocenters. The maximum absolute atomic E-state index is 14.3. The molecule has 3 aromatic carbocycles. The van der Waals surface area contributed by atoms with Crippen molar-refractivity contribution in [3.8, 4) is 0 Å². The van der Waals surface area contributed by atoms with Crippen LogP contribution >= 0.6 is 11.9 Å². The number of hydrogen-bond donors (Lipinski definition) is 5. The average Bonchev–Trinajstić information content (AvgIpc) is 3.38. The molecule has 3 aromatic rings. The highest BCUT2D eigenvalue weighted by atomic mass is 32.2. The van der Waals surface area contributed by atoms with E-state index in [0.717, 1.165) is 4.90 Å². The van der Waals surface area contributed by atoms with Gasteiger partial charge in [-0.15, -0.1) is 0 Å². The second kappa shape index (κ2) is 27.5. The first-order valence-electron chi connectivity index (χ1n) is 26.2. The van der Waals surface area contributed by atoms with Gasteiger partial charge >= 0.3 is 17.9 Å². The third kappa shape index (κ3) is 16.1. The first-order chi connectivity index (χ1) is 35.7. The summed E-state index contributed by atoms with van der Waals surface area (Å²) < 4.78 is 37.1. The van der Waals surface area contributed by atoms with E-state index in [9.17, 15) is 39.9 Å². The largest absolute Gasteiger partial charge is 0.459 e. The molecule has 422 valence electrons. The van der Waals surface area contributed by atoms with Crippen LogP contribution in [-0.4, -0.2) is 147 Å². The zero-order chi connectivity index (χ0) is 56.3. The molecular formula is C57H82N2O16S. The molecule has 76 heavy (non-hydrogen) atoms. The molecule has 3 fully saturated rings. The summed E-state index contributed by atoms with van der Waals surface area (Å²) in [5.74, 6) is -5.16. The lowest BCUT2D eigenvalue weighted by Gasteiger charge is -2.49. The lowest BCUT2D eigenvalue weighted by molar-refractivity contribution is -0.446. The van der Waals surface area contributed by atoms with E-state index in [0.29, 0.717) is 29.7 Å². The second-order valence-corrected chi connectivity index (χ2v) is 22.8. The Balaban J connectivity index is 0.000000468. The van der Waals surface area contributed by atoms with Crippen molar-refractivity contribution < 1.29 is 78.4 Å². The molecule has 6 rings (SSSR count). The highest BCUT2D eigenvalue weighted by Crippen LogP contribution is 2.42. The summed E-state index contributed by atoms with van der Waals surface area (Å²) >= 11 is 1.23. The van der Waals surface area contributed by atoms with Crippen LogP contribution in [0.3, 0.4) is 0 Å². The minimum Gasteiger partial charge on any atom is -0.459 e. The standard InChI is InChI=1S/C43H72N2O11S.C14H10O5/c1-14-31-43(11,51)36(47)25(4)33(44-57-29-18-16-15-17-19-29)23(2)21-42(10,50)38(56-40-34(46)30(45(12)13)20-24(3)52-40)26(5)35(27(6)39(49)54-31)55-32-22-41(8,9)37(48)28(7)53-32;15-13(11-7-3-1-4-8-11)17-19-18-14(16)12-9-5-2-6-10-12/h15-19,23-28,30-32,34-38,40,46-48,50-51H,14,20-22H2,1-13H3;1-10H/t23-,24-,25+,26+,27-,28+,30+,31-,32?,34-,35+,36-,37+,38-,40+,42+,43-;/m1./s1. The number of nitrogens with zero attached hydrogens (tertiary/aromatic N) is 2. The van der Waals surface area contributed by atoms with Gasteiger partial charge in [0, 0.05) is 51.9 Å². The number of benzene rings is 3. The molecule has 0 spiro atoms. The third-order valence-corrected chi connectivity index (χ3v) is 15.7. The Labute approximate surface area is 452 Å². The summed E-state index contributed by atoms with van der Waals surface area (Å²) in [4.78, 5) is 48.7. The second-order valence-electron chi connectivity index (χ2n) is 22.0. The van der Waals surface area contributed by atoms with Crippen LogP contribution in [-0.2, 0) is 43.3 Å². The fourth-order valence-electron chi connectivity index (χ4n) is 10.5. The number of esters is 1. The van der Waals surface area contributed by atoms with Gasteiger partial charge in [0.25, 0.3) is 0 Å². The Morgan fingerprint density at radius 1 is 0.750 bits per heavy atom. The van der Waals surface area contributed by atoms with Crippen LogP contribution in [0.5, 0.6) is 0 Å². The number of aliphatic hydroxyl groups is 5. The number of aliphatic hydroxyl groups excluding tert-OH is 3. The Hall–Kier alpha value is -4.35. The number of rotatable bonds is 12. The van der Waals surface area contributed by atoms with Crippen LogP contribution in [0, 0.1) is 29.1 Å². The van der Waals surface area contributed by atoms with Crippen molar-refractivity contribution in [2.75, 3.05) is 14.1 Å². The molecule has 1 unspecified atom stereocenters. The van der Waals surface area contributed by atoms with Gasteiger partial charge in [-0.3, -0.25) is 14.6 Å². The molecule has 5 N–H and O–H groups in total. The van der Waals surface area contributed by atoms with E-state index in [2.05, 4.69) is 14.8 Å². The molecule has 3 heterocycles. The Morgan fingerprint density at radius 2 is 1.29 bits per heavy atom. The van der Waals surface area contributed by atoms with E-state index >= 15 is 0 Å². The van der Waals surface area contributed by atoms with Crippen molar-refractivity contribution in [3.05, 3.63) is 102 Å². The number of carbonyl (C=O) groups is 3. The van der Waals surface area contributed by atoms with Gasteiger partial charge in [0.05, 0.1) is 59.3 Å². The van der Waals surface area contributed by atoms with Gasteiger partial charge < -0.3 is 54.1 Å². The number of likely N-dealkylation sites (N-methyl/N-ethyl adjacent to an activating group) is 1. The van der Waals surface area contributed by atoms with Crippen molar-refractivity contribution in [2.24, 2.45) is 33.5 Å². The minimum atomic E-state index is -1.89. The first-order valence-corrected chi connectivity index (χ1v) is 26.9. The van der Waals surface area contributed by atoms with E-state index in [1.807, 2.05) is 83.9 Å². The van der Waals surface area contributed by atoms with Gasteiger partial charge in [-0.2, -0.15) is 0 Å². The SMILES string of the molecule is CC[C@H]1OC(=O)[C@H](C)[C@@H](OC2CC(C)(C)[C@@H](O)[C@H](C)O2)[C@H](C)[C@@H](O[C@@H]2O[C@H](C)C[C@H](N(C)C)[C@H]2O)[C@@](C)(O)C[C@@H](C)C(=NSc2ccccc2)[C@H](C)[C@@H](O)[C@]1(C)O.O=C(OOOC(=O)c1ccccc1)c1ccccc1. The normalized spacial score (nSPS) is 36.0. The van der Waals surface area contributed by atoms with Crippen LogP contribution < -0.4 is 0 Å². The maximum atomic E-state index is 14.3. The summed E-state index contributed by atoms with van der Waals surface area (Å²) in [6.45, 7) is 19.6. The van der Waals surface area contributed by atoms with Crippen molar-refractivity contribution >= 4 is 35.6 Å². The lowest BCUT2D eigenvalue weighted by atomic mass is 9.73. The molecule has 19 heteroatoms. The molecule has 0 radical (unpaired) electrons. The maximum Gasteiger partial charge on any atom is 0.377 e. The monoisotopic (exact) mass is 1080 g/mol. The van der Waals surface area contributed by atoms with Gasteiger partial charge in [0.15, 0.2) is 12.6 Å². The van der Waals surface area contributed by atoms with Gasteiger partial charge in [-0.1, -0.05) is 96.1 Å². The summed E-state index contributed by atoms with van der Waals surface area (Å²) in [5.41, 5.74) is -3.05. The Morgan fingerprint density at radius 3 is 1.80 bits per heavy atom. The molecule has 0 amide bonds. The summed E-state index contributed by atoms with van der Waals surface area (Å²) in [5, 5.41) is 63.6. The van der Waals surface area contributed by atoms with Crippen LogP contribution in [0.1, 0.15) is 123 Å². The van der Waals surface area contributed by atoms with E-state index in [1.165, 1.54) is 18.9 Å². The molecule has 3 aliphatic rings. The topological polar surface area (TPSA) is 242 Å². The predicted molar refractivity (Wildman–Crippen MR) is 284 cm³/mol. The fraction of sp³-hybridized carbons (Fsp3) is 0.614. The van der Waals surface area contributed by atoms with Crippen LogP contribution in [0.15, 0.2) is 100 Å². The number of carbonyl (C=O) groups excluding carboxylic acids is 3. The molecular weight excluding hydrogens is 1000 g/mol. The van der Waals surface area contributed by atoms with Crippen LogP contribution in [0.25, 0.3) is 0 Å². The quantitative estimate of drug-likeness (QED) is 0.0509. The third-order valence-electron chi connectivity index (χ3n) is 14.9. The molecule has 0 aromatic heterocycles. The van der Waals surface area contributed by atoms with Crippen LogP contribution in [0.2, 0.25) is 0 Å². The fourth-order valence-corrected chi connectivity index (χ4v) is 11.4. The lowest BCUT2D eigenvalue weighted by Crippen LogP contribution is -2.60. The van der Waals surface area contributed by atoms with Crippen molar-refractivity contribution in [2.45, 2.75) is 185 Å². The molecule has 3 aliphatic heterocycles. The van der Waals surface area contributed by atoms with E-state index in [-0.39, 0.29) is 25.0 Å². The summed E-state index contributed by atoms with van der Waals surface area (Å²) in [6, 6.07) is 25.7. The average molecular weight is 1080 g/mol. The molecule has 0 aliphatic carbocycles. The van der Waals surface area contributed by atoms with Crippen molar-refractivity contribution in [1.82, 2.24) is 4.90 Å². The van der Waals surface area contributed by atoms with Gasteiger partial charge in [0.2, 0.25) is 0 Å². The van der Waals surface area contributed by atoms with Gasteiger partial charge in [0.1, 0.15) is 17.8 Å². The number of hydrogen-bond acceptors (Lipinski definition) is 19. The van der Waals surface area contributed by atoms with Gasteiger partial charge in [-0.05, 0) is 116 Å². The molecule has 0 saturated carbocycles. The Kier molecular flexibility index (Phi) is 22.6. The van der Waals surface area contributed by atoms with Crippen LogP contribution in [0.4, 0.5) is 0 Å². The minimum absolute atomic E-state index is 0.0732. The summed E-state index contributed by atoms with van der Waals surface area (Å²) in [6.07, 6.45) is -8.15. The first kappa shape index (κ1) is 62.5. The Bertz CT molecular complexity index is 2270. The predicted octanol–water partition coefficient (Wildman–Crippen LogP) is 7.53. The zero-order valence-corrected chi connectivity index (χ0v) is 47.0. The molecule has 0 bridgehead atoms. The van der Waals surface area contributed by atoms with Gasteiger partial charge in [-0.25, -0.2) is 14.0 Å². The number of ether oxygens (including phenoxy) is 5. The molecule has 3 saturated heterocycles. The van der Waals surface area contributed by atoms with E-state index < -0.39 is 114 Å². The highest BCUT2D eigenvalue weighted by Gasteiger charge is 2.53. The van der Waals surface area contributed by atoms with E-state index in [4.69, 9.17) is 28.1 Å². The smallest absolute Gasteiger partial charge is 0.377 e. The zero-order valence-electron chi connectivity index (χ0n) is 46.2. The number of cyclic esters (lactones) is 1. The van der Waals surface area contributed by atoms with E-state index in [1.54, 1.807) is 95.3 Å². The van der Waals surface area contributed by atoms with Crippen molar-refractivity contribution in [3.63, 3.8) is 0 Å². The summed E-state index contributed by atoms with van der Waals surface area (Å²) in [7, 11) is 3.77. The highest BCUT2D eigenvalue weighted by molar-refractivity contribution is 7.98. The molecule has 18 nitrogen and oxygen atoms in total. The van der Waals surface area contributed by atoms with Crippen molar-refractivity contribution in [1.29, 1.82) is 0 Å².